The molecule has 0 spiro atoms. The zero-order chi connectivity index (χ0) is 16.5. The molecule has 1 saturated heterocycles. The van der Waals surface area contributed by atoms with Crippen LogP contribution in [0.25, 0.3) is 11.7 Å². The predicted octanol–water partition coefficient (Wildman–Crippen LogP) is 1.27. The van der Waals surface area contributed by atoms with Crippen LogP contribution in [-0.2, 0) is 16.1 Å². The molecule has 8 nitrogen and oxygen atoms in total. The number of ether oxygens (including phenoxy) is 1. The van der Waals surface area contributed by atoms with Gasteiger partial charge < -0.3 is 18.5 Å². The van der Waals surface area contributed by atoms with Gasteiger partial charge in [-0.3, -0.25) is 4.79 Å². The maximum atomic E-state index is 12.7. The predicted molar refractivity (Wildman–Crippen MR) is 82.2 cm³/mol. The molecule has 1 aliphatic carbocycles. The lowest BCUT2D eigenvalue weighted by atomic mass is 9.90. The molecule has 1 saturated carbocycles. The first-order chi connectivity index (χ1) is 11.7. The van der Waals surface area contributed by atoms with Gasteiger partial charge in [-0.25, -0.2) is 4.79 Å². The monoisotopic (exact) mass is 333 g/mol. The first-order valence-corrected chi connectivity index (χ1v) is 8.25. The lowest BCUT2D eigenvalue weighted by molar-refractivity contribution is -0.150. The molecule has 0 radical (unpaired) electrons. The Labute approximate surface area is 138 Å². The highest BCUT2D eigenvalue weighted by Gasteiger charge is 2.36. The summed E-state index contributed by atoms with van der Waals surface area (Å²) in [4.78, 5) is 26.4. The van der Waals surface area contributed by atoms with E-state index in [2.05, 4.69) is 5.10 Å². The number of carbonyl (C=O) groups excluding carboxylic acids is 1. The SMILES string of the molecule is O=C(Cn1nc(-c2ccco2)oc1=O)N1CCO[C@H]2CCCC[C@H]21. The van der Waals surface area contributed by atoms with Crippen LogP contribution in [0.4, 0.5) is 0 Å². The molecular weight excluding hydrogens is 314 g/mol. The molecule has 4 rings (SSSR count). The second-order valence-corrected chi connectivity index (χ2v) is 6.16. The molecule has 2 aromatic rings. The van der Waals surface area contributed by atoms with Crippen molar-refractivity contribution in [2.45, 2.75) is 44.4 Å². The van der Waals surface area contributed by atoms with Crippen molar-refractivity contribution in [1.82, 2.24) is 14.7 Å². The molecule has 2 aromatic heterocycles. The van der Waals surface area contributed by atoms with Crippen LogP contribution in [0.5, 0.6) is 0 Å². The van der Waals surface area contributed by atoms with Crippen LogP contribution in [0.2, 0.25) is 0 Å². The summed E-state index contributed by atoms with van der Waals surface area (Å²) in [6.07, 6.45) is 5.75. The minimum Gasteiger partial charge on any atom is -0.459 e. The number of carbonyl (C=O) groups is 1. The molecule has 2 aliphatic rings. The molecule has 1 aliphatic heterocycles. The van der Waals surface area contributed by atoms with Crippen molar-refractivity contribution >= 4 is 5.91 Å². The van der Waals surface area contributed by atoms with Crippen molar-refractivity contribution in [2.24, 2.45) is 0 Å². The summed E-state index contributed by atoms with van der Waals surface area (Å²) in [7, 11) is 0. The topological polar surface area (TPSA) is 90.7 Å². The second kappa shape index (κ2) is 6.27. The largest absolute Gasteiger partial charge is 0.459 e. The highest BCUT2D eigenvalue weighted by Crippen LogP contribution is 2.28. The standard InChI is InChI=1S/C16H19N3O5/c20-14(18-7-9-23-12-5-2-1-4-11(12)18)10-19-16(21)24-15(17-19)13-6-3-8-22-13/h3,6,8,11-12H,1-2,4-5,7,9-10H2/t11-,12+/m1/s1. The first kappa shape index (κ1) is 15.2. The summed E-state index contributed by atoms with van der Waals surface area (Å²) < 4.78 is 17.0. The zero-order valence-corrected chi connectivity index (χ0v) is 13.2. The Bertz CT molecular complexity index is 761. The van der Waals surface area contributed by atoms with E-state index < -0.39 is 5.76 Å². The van der Waals surface area contributed by atoms with Gasteiger partial charge in [0.25, 0.3) is 5.89 Å². The number of hydrogen-bond donors (Lipinski definition) is 0. The summed E-state index contributed by atoms with van der Waals surface area (Å²) >= 11 is 0. The van der Waals surface area contributed by atoms with Crippen LogP contribution in [-0.4, -0.2) is 45.9 Å². The van der Waals surface area contributed by atoms with Crippen molar-refractivity contribution in [1.29, 1.82) is 0 Å². The number of nitrogens with zero attached hydrogens (tertiary/aromatic N) is 3. The minimum absolute atomic E-state index is 0.0790. The smallest absolute Gasteiger partial charge is 0.437 e. The average molecular weight is 333 g/mol. The highest BCUT2D eigenvalue weighted by molar-refractivity contribution is 5.76. The summed E-state index contributed by atoms with van der Waals surface area (Å²) in [6, 6.07) is 3.43. The number of rotatable bonds is 3. The Kier molecular flexibility index (Phi) is 3.97. The van der Waals surface area contributed by atoms with Gasteiger partial charge in [0, 0.05) is 6.54 Å². The molecule has 24 heavy (non-hydrogen) atoms. The highest BCUT2D eigenvalue weighted by atomic mass is 16.5. The van der Waals surface area contributed by atoms with Gasteiger partial charge in [0.05, 0.1) is 25.0 Å². The van der Waals surface area contributed by atoms with Gasteiger partial charge in [0.15, 0.2) is 5.76 Å². The lowest BCUT2D eigenvalue weighted by Crippen LogP contribution is -2.55. The zero-order valence-electron chi connectivity index (χ0n) is 13.2. The van der Waals surface area contributed by atoms with Gasteiger partial charge in [0.2, 0.25) is 5.91 Å². The molecule has 1 amide bonds. The van der Waals surface area contributed by atoms with Crippen molar-refractivity contribution in [3.05, 3.63) is 28.9 Å². The van der Waals surface area contributed by atoms with E-state index in [-0.39, 0.29) is 30.5 Å². The molecule has 0 aromatic carbocycles. The summed E-state index contributed by atoms with van der Waals surface area (Å²) in [5.41, 5.74) is 0. The van der Waals surface area contributed by atoms with Gasteiger partial charge >= 0.3 is 5.76 Å². The van der Waals surface area contributed by atoms with Gasteiger partial charge in [-0.05, 0) is 25.0 Å². The normalized spacial score (nSPS) is 23.9. The van der Waals surface area contributed by atoms with Crippen molar-refractivity contribution in [2.75, 3.05) is 13.2 Å². The maximum Gasteiger partial charge on any atom is 0.437 e. The molecule has 3 heterocycles. The van der Waals surface area contributed by atoms with E-state index in [1.807, 2.05) is 4.90 Å². The molecule has 2 fully saturated rings. The Morgan fingerprint density at radius 1 is 1.33 bits per heavy atom. The third kappa shape index (κ3) is 2.77. The number of morpholine rings is 1. The molecular formula is C16H19N3O5. The average Bonchev–Trinajstić information content (AvgIpc) is 3.25. The molecule has 8 heteroatoms. The van der Waals surface area contributed by atoms with E-state index in [0.29, 0.717) is 18.9 Å². The Hall–Kier alpha value is -2.35. The Balaban J connectivity index is 1.50. The van der Waals surface area contributed by atoms with E-state index in [1.54, 1.807) is 12.1 Å². The molecule has 0 bridgehead atoms. The molecule has 128 valence electrons. The van der Waals surface area contributed by atoms with Crippen LogP contribution in [0, 0.1) is 0 Å². The Morgan fingerprint density at radius 3 is 3.04 bits per heavy atom. The summed E-state index contributed by atoms with van der Waals surface area (Å²) in [5, 5.41) is 4.06. The quantitative estimate of drug-likeness (QED) is 0.840. The summed E-state index contributed by atoms with van der Waals surface area (Å²) in [6.45, 7) is 0.960. The number of fused-ring (bicyclic) bond motifs is 1. The van der Waals surface area contributed by atoms with E-state index >= 15 is 0 Å². The number of aromatic nitrogens is 2. The van der Waals surface area contributed by atoms with Gasteiger partial charge in [-0.2, -0.15) is 4.68 Å². The van der Waals surface area contributed by atoms with Crippen molar-refractivity contribution in [3.8, 4) is 11.7 Å². The van der Waals surface area contributed by atoms with Crippen LogP contribution in [0.3, 0.4) is 0 Å². The molecule has 0 unspecified atom stereocenters. The fourth-order valence-corrected chi connectivity index (χ4v) is 3.53. The number of hydrogen-bond acceptors (Lipinski definition) is 6. The van der Waals surface area contributed by atoms with Gasteiger partial charge in [0.1, 0.15) is 6.54 Å². The van der Waals surface area contributed by atoms with E-state index in [0.717, 1.165) is 30.4 Å². The fourth-order valence-electron chi connectivity index (χ4n) is 3.53. The number of furan rings is 1. The first-order valence-electron chi connectivity index (χ1n) is 8.25. The minimum atomic E-state index is -0.664. The van der Waals surface area contributed by atoms with Crippen LogP contribution >= 0.6 is 0 Å². The van der Waals surface area contributed by atoms with Crippen LogP contribution < -0.4 is 5.76 Å². The number of amides is 1. The second-order valence-electron chi connectivity index (χ2n) is 6.16. The van der Waals surface area contributed by atoms with Crippen LogP contribution in [0.1, 0.15) is 25.7 Å². The van der Waals surface area contributed by atoms with E-state index in [9.17, 15) is 9.59 Å². The molecule has 2 atom stereocenters. The maximum absolute atomic E-state index is 12.7. The van der Waals surface area contributed by atoms with Crippen molar-refractivity contribution < 1.29 is 18.4 Å². The fraction of sp³-hybridized carbons (Fsp3) is 0.562. The van der Waals surface area contributed by atoms with E-state index in [4.69, 9.17) is 13.6 Å². The van der Waals surface area contributed by atoms with Crippen LogP contribution in [0.15, 0.2) is 32.0 Å². The third-order valence-corrected chi connectivity index (χ3v) is 4.68. The third-order valence-electron chi connectivity index (χ3n) is 4.68. The van der Waals surface area contributed by atoms with Gasteiger partial charge in [-0.1, -0.05) is 12.8 Å². The molecule has 0 N–H and O–H groups in total. The Morgan fingerprint density at radius 2 is 2.21 bits per heavy atom. The summed E-state index contributed by atoms with van der Waals surface area (Å²) in [5.74, 6) is -0.355. The van der Waals surface area contributed by atoms with E-state index in [1.165, 1.54) is 6.26 Å². The lowest BCUT2D eigenvalue weighted by Gasteiger charge is -2.43. The van der Waals surface area contributed by atoms with Crippen molar-refractivity contribution in [3.63, 3.8) is 0 Å². The van der Waals surface area contributed by atoms with Gasteiger partial charge in [-0.15, -0.1) is 5.10 Å².